The van der Waals surface area contributed by atoms with Gasteiger partial charge in [0.1, 0.15) is 17.0 Å². The van der Waals surface area contributed by atoms with Crippen LogP contribution in [0.3, 0.4) is 0 Å². The molecule has 1 aromatic heterocycles. The van der Waals surface area contributed by atoms with E-state index in [1.807, 2.05) is 0 Å². The van der Waals surface area contributed by atoms with Gasteiger partial charge in [-0.25, -0.2) is 13.4 Å². The van der Waals surface area contributed by atoms with Gasteiger partial charge in [-0.3, -0.25) is 4.79 Å². The molecular formula is C18H15F3N2O5S. The molecule has 0 saturated heterocycles. The van der Waals surface area contributed by atoms with Gasteiger partial charge in [-0.1, -0.05) is 12.1 Å². The molecule has 3 rings (SSSR count). The number of nitrogens with zero attached hydrogens (tertiary/aromatic N) is 1. The Hall–Kier alpha value is -3.08. The van der Waals surface area contributed by atoms with Crippen molar-refractivity contribution in [1.29, 1.82) is 0 Å². The lowest BCUT2D eigenvalue weighted by Gasteiger charge is -2.14. The minimum Gasteiger partial charge on any atom is -0.506 e. The Bertz CT molecular complexity index is 1080. The van der Waals surface area contributed by atoms with Gasteiger partial charge in [0.15, 0.2) is 9.84 Å². The number of pyridine rings is 1. The van der Waals surface area contributed by atoms with Crippen LogP contribution in [-0.2, 0) is 16.0 Å². The summed E-state index contributed by atoms with van der Waals surface area (Å²) in [6.07, 6.45) is -3.18. The van der Waals surface area contributed by atoms with E-state index in [2.05, 4.69) is 10.3 Å². The number of amides is 1. The summed E-state index contributed by atoms with van der Waals surface area (Å²) in [7, 11) is -2.15. The number of halogens is 3. The molecule has 1 unspecified atom stereocenters. The minimum absolute atomic E-state index is 0.0736. The normalized spacial score (nSPS) is 17.9. The Morgan fingerprint density at radius 2 is 1.93 bits per heavy atom. The average Bonchev–Trinajstić information content (AvgIpc) is 2.99. The highest BCUT2D eigenvalue weighted by atomic mass is 32.2. The molecule has 0 radical (unpaired) electrons. The molecule has 29 heavy (non-hydrogen) atoms. The smallest absolute Gasteiger partial charge is 0.416 e. The molecule has 0 bridgehead atoms. The second kappa shape index (κ2) is 7.39. The summed E-state index contributed by atoms with van der Waals surface area (Å²) in [6.45, 7) is 0. The number of hydrogen-bond donors (Lipinski definition) is 2. The van der Waals surface area contributed by atoms with E-state index in [0.717, 1.165) is 35.7 Å². The number of methoxy groups -OCH3 is 1. The van der Waals surface area contributed by atoms with Crippen molar-refractivity contribution in [3.8, 4) is 22.9 Å². The lowest BCUT2D eigenvalue weighted by molar-refractivity contribution is -0.137. The molecule has 2 heterocycles. The van der Waals surface area contributed by atoms with Gasteiger partial charge in [-0.05, 0) is 18.2 Å². The number of ether oxygens (including phenoxy) is 1. The largest absolute Gasteiger partial charge is 0.506 e. The predicted octanol–water partition coefficient (Wildman–Crippen LogP) is 2.52. The third-order valence-electron chi connectivity index (χ3n) is 4.14. The van der Waals surface area contributed by atoms with Crippen LogP contribution in [0.2, 0.25) is 0 Å². The van der Waals surface area contributed by atoms with E-state index in [1.165, 1.54) is 13.2 Å². The molecule has 11 heteroatoms. The van der Waals surface area contributed by atoms with Crippen molar-refractivity contribution in [1.82, 2.24) is 10.3 Å². The summed E-state index contributed by atoms with van der Waals surface area (Å²) in [5.74, 6) is -1.65. The van der Waals surface area contributed by atoms with Gasteiger partial charge in [-0.15, -0.1) is 0 Å². The fourth-order valence-corrected chi connectivity index (χ4v) is 3.98. The summed E-state index contributed by atoms with van der Waals surface area (Å²) < 4.78 is 66.1. The molecule has 0 saturated carbocycles. The monoisotopic (exact) mass is 428 g/mol. The second-order valence-electron chi connectivity index (χ2n) is 6.23. The fourth-order valence-electron chi connectivity index (χ4n) is 2.75. The molecule has 154 valence electrons. The number of aromatic nitrogens is 1. The molecule has 0 aliphatic carbocycles. The number of hydrogen-bond acceptors (Lipinski definition) is 6. The van der Waals surface area contributed by atoms with E-state index in [-0.39, 0.29) is 28.5 Å². The first kappa shape index (κ1) is 20.6. The van der Waals surface area contributed by atoms with Gasteiger partial charge >= 0.3 is 6.18 Å². The highest BCUT2D eigenvalue weighted by Crippen LogP contribution is 2.35. The molecular weight excluding hydrogens is 413 g/mol. The van der Waals surface area contributed by atoms with E-state index in [4.69, 9.17) is 4.74 Å². The zero-order valence-corrected chi connectivity index (χ0v) is 15.7. The van der Waals surface area contributed by atoms with Gasteiger partial charge in [-0.2, -0.15) is 13.2 Å². The Morgan fingerprint density at radius 3 is 2.45 bits per heavy atom. The Balaban J connectivity index is 1.89. The number of aromatic hydroxyl groups is 1. The highest BCUT2D eigenvalue weighted by molar-refractivity contribution is 7.94. The first-order valence-corrected chi connectivity index (χ1v) is 9.89. The maximum absolute atomic E-state index is 12.7. The average molecular weight is 428 g/mol. The lowest BCUT2D eigenvalue weighted by Crippen LogP contribution is -2.35. The molecule has 0 fully saturated rings. The summed E-state index contributed by atoms with van der Waals surface area (Å²) in [4.78, 5) is 16.5. The maximum atomic E-state index is 12.7. The molecule has 1 aliphatic heterocycles. The van der Waals surface area contributed by atoms with Gasteiger partial charge in [0.2, 0.25) is 5.88 Å². The van der Waals surface area contributed by atoms with E-state index >= 15 is 0 Å². The molecule has 1 amide bonds. The van der Waals surface area contributed by atoms with Gasteiger partial charge in [0.25, 0.3) is 5.91 Å². The summed E-state index contributed by atoms with van der Waals surface area (Å²) in [5, 5.41) is 13.7. The lowest BCUT2D eigenvalue weighted by atomic mass is 10.1. The number of sulfone groups is 1. The van der Waals surface area contributed by atoms with Crippen molar-refractivity contribution >= 4 is 15.7 Å². The molecule has 0 spiro atoms. The van der Waals surface area contributed by atoms with Crippen LogP contribution in [0.25, 0.3) is 11.3 Å². The van der Waals surface area contributed by atoms with Crippen LogP contribution in [0.15, 0.2) is 41.8 Å². The van der Waals surface area contributed by atoms with Crippen LogP contribution in [-0.4, -0.2) is 43.3 Å². The first-order valence-electron chi connectivity index (χ1n) is 8.17. The van der Waals surface area contributed by atoms with E-state index < -0.39 is 39.3 Å². The van der Waals surface area contributed by atoms with E-state index in [1.54, 1.807) is 0 Å². The topological polar surface area (TPSA) is 106 Å². The third-order valence-corrected chi connectivity index (χ3v) is 5.53. The number of alkyl halides is 3. The van der Waals surface area contributed by atoms with Gasteiger partial charge in [0, 0.05) is 17.0 Å². The van der Waals surface area contributed by atoms with Crippen molar-refractivity contribution in [2.24, 2.45) is 0 Å². The highest BCUT2D eigenvalue weighted by Gasteiger charge is 2.30. The molecule has 7 nitrogen and oxygen atoms in total. The number of rotatable bonds is 4. The SMILES string of the molecule is COc1nc(-c2ccc(C(F)(F)F)cc2)c(O)cc1C(=O)NC1C=CS(=O)(=O)C1. The maximum Gasteiger partial charge on any atom is 0.416 e. The van der Waals surface area contributed by atoms with Gasteiger partial charge in [0.05, 0.1) is 24.5 Å². The van der Waals surface area contributed by atoms with Crippen molar-refractivity contribution in [3.05, 3.63) is 52.9 Å². The Morgan fingerprint density at radius 1 is 1.28 bits per heavy atom. The number of benzene rings is 1. The van der Waals surface area contributed by atoms with Crippen molar-refractivity contribution in [2.45, 2.75) is 12.2 Å². The van der Waals surface area contributed by atoms with Crippen molar-refractivity contribution < 1.29 is 36.2 Å². The Kier molecular flexibility index (Phi) is 5.26. The van der Waals surface area contributed by atoms with Crippen molar-refractivity contribution in [2.75, 3.05) is 12.9 Å². The molecule has 1 atom stereocenters. The third kappa shape index (κ3) is 4.50. The number of carbonyl (C=O) groups is 1. The van der Waals surface area contributed by atoms with Crippen LogP contribution >= 0.6 is 0 Å². The number of carbonyl (C=O) groups excluding carboxylic acids is 1. The van der Waals surface area contributed by atoms with Crippen LogP contribution in [0.5, 0.6) is 11.6 Å². The predicted molar refractivity (Wildman–Crippen MR) is 97.1 cm³/mol. The van der Waals surface area contributed by atoms with E-state index in [9.17, 15) is 31.5 Å². The summed E-state index contributed by atoms with van der Waals surface area (Å²) >= 11 is 0. The van der Waals surface area contributed by atoms with Crippen LogP contribution in [0.4, 0.5) is 13.2 Å². The summed E-state index contributed by atoms with van der Waals surface area (Å²) in [5.41, 5.74) is -0.900. The van der Waals surface area contributed by atoms with Crippen LogP contribution in [0.1, 0.15) is 15.9 Å². The molecule has 1 aliphatic rings. The zero-order valence-electron chi connectivity index (χ0n) is 14.9. The van der Waals surface area contributed by atoms with Crippen LogP contribution in [0, 0.1) is 0 Å². The minimum atomic E-state index is -4.50. The van der Waals surface area contributed by atoms with Crippen molar-refractivity contribution in [3.63, 3.8) is 0 Å². The number of nitrogens with one attached hydrogen (secondary N) is 1. The quantitative estimate of drug-likeness (QED) is 0.775. The standard InChI is InChI=1S/C18H15F3N2O5S/c1-28-17-13(16(25)22-12-6-7-29(26,27)9-12)8-14(24)15(23-17)10-2-4-11(5-3-10)18(19,20)21/h2-8,12,24H,9H2,1H3,(H,22,25). The van der Waals surface area contributed by atoms with Crippen LogP contribution < -0.4 is 10.1 Å². The zero-order chi connectivity index (χ0) is 21.4. The van der Waals surface area contributed by atoms with Gasteiger partial charge < -0.3 is 15.2 Å². The molecule has 2 aromatic rings. The second-order valence-corrected chi connectivity index (χ2v) is 8.16. The Labute approximate surface area is 163 Å². The molecule has 2 N–H and O–H groups in total. The first-order chi connectivity index (χ1) is 13.5. The summed E-state index contributed by atoms with van der Waals surface area (Å²) in [6, 6.07) is 4.28. The molecule has 1 aromatic carbocycles. The van der Waals surface area contributed by atoms with E-state index in [0.29, 0.717) is 0 Å². The fraction of sp³-hybridized carbons (Fsp3) is 0.222.